The van der Waals surface area contributed by atoms with E-state index in [0.29, 0.717) is 30.2 Å². The summed E-state index contributed by atoms with van der Waals surface area (Å²) in [5, 5.41) is 2.96. The average molecular weight is 481 g/mol. The van der Waals surface area contributed by atoms with Crippen LogP contribution in [-0.2, 0) is 16.1 Å². The first kappa shape index (κ1) is 25.1. The van der Waals surface area contributed by atoms with Crippen LogP contribution in [0.5, 0.6) is 5.75 Å². The van der Waals surface area contributed by atoms with E-state index in [4.69, 9.17) is 9.47 Å². The molecule has 0 unspecified atom stereocenters. The number of aromatic nitrogens is 1. The van der Waals surface area contributed by atoms with Crippen molar-refractivity contribution in [2.45, 2.75) is 45.4 Å². The van der Waals surface area contributed by atoms with Crippen LogP contribution >= 0.6 is 0 Å². The summed E-state index contributed by atoms with van der Waals surface area (Å²) in [4.78, 5) is 33.9. The molecule has 2 aromatic rings. The van der Waals surface area contributed by atoms with Gasteiger partial charge in [-0.05, 0) is 49.4 Å². The number of carbonyl (C=O) groups excluding carboxylic acids is 2. The Bertz CT molecular complexity index is 1030. The fourth-order valence-electron chi connectivity index (χ4n) is 4.46. The number of nitrogens with zero attached hydrogens (tertiary/aromatic N) is 3. The number of ether oxygens (including phenoxy) is 2. The number of nitrogens with one attached hydrogen (secondary N) is 1. The van der Waals surface area contributed by atoms with Gasteiger partial charge in [0.1, 0.15) is 12.4 Å². The highest BCUT2D eigenvalue weighted by Crippen LogP contribution is 2.32. The number of carbonyl (C=O) groups is 2. The van der Waals surface area contributed by atoms with Crippen LogP contribution in [0.25, 0.3) is 0 Å². The van der Waals surface area contributed by atoms with Crippen molar-refractivity contribution >= 4 is 17.5 Å². The molecule has 2 amide bonds. The van der Waals surface area contributed by atoms with E-state index in [1.165, 1.54) is 0 Å². The van der Waals surface area contributed by atoms with Crippen molar-refractivity contribution in [1.82, 2.24) is 14.8 Å². The molecule has 1 aliphatic carbocycles. The Labute approximate surface area is 207 Å². The van der Waals surface area contributed by atoms with E-state index in [-0.39, 0.29) is 35.8 Å². The Balaban J connectivity index is 1.62. The molecule has 4 rings (SSSR count). The van der Waals surface area contributed by atoms with Gasteiger partial charge in [-0.3, -0.25) is 19.5 Å². The van der Waals surface area contributed by atoms with Crippen molar-refractivity contribution in [3.05, 3.63) is 53.9 Å². The van der Waals surface area contributed by atoms with Crippen molar-refractivity contribution in [2.75, 3.05) is 39.2 Å². The van der Waals surface area contributed by atoms with E-state index in [0.717, 1.165) is 31.5 Å². The first-order valence-electron chi connectivity index (χ1n) is 12.3. The summed E-state index contributed by atoms with van der Waals surface area (Å²) in [5.41, 5.74) is 2.25. The summed E-state index contributed by atoms with van der Waals surface area (Å²) in [6, 6.07) is 9.37. The number of hydrogen-bond acceptors (Lipinski definition) is 6. The Morgan fingerprint density at radius 3 is 2.71 bits per heavy atom. The molecule has 8 heteroatoms. The first-order chi connectivity index (χ1) is 16.9. The maximum absolute atomic E-state index is 13.3. The smallest absolute Gasteiger partial charge is 0.257 e. The van der Waals surface area contributed by atoms with Gasteiger partial charge in [-0.25, -0.2) is 0 Å². The predicted octanol–water partition coefficient (Wildman–Crippen LogP) is 3.44. The van der Waals surface area contributed by atoms with Gasteiger partial charge in [0.25, 0.3) is 5.91 Å². The summed E-state index contributed by atoms with van der Waals surface area (Å²) >= 11 is 0. The first-order valence-corrected chi connectivity index (χ1v) is 12.3. The van der Waals surface area contributed by atoms with E-state index in [1.807, 2.05) is 12.3 Å². The second-order valence-corrected chi connectivity index (χ2v) is 9.86. The van der Waals surface area contributed by atoms with Crippen LogP contribution in [0.3, 0.4) is 0 Å². The molecular formula is C27H36N4O4. The maximum Gasteiger partial charge on any atom is 0.257 e. The summed E-state index contributed by atoms with van der Waals surface area (Å²) in [6.07, 6.45) is 5.41. The molecule has 0 saturated heterocycles. The lowest BCUT2D eigenvalue weighted by Gasteiger charge is -2.36. The van der Waals surface area contributed by atoms with E-state index in [2.05, 4.69) is 35.1 Å². The lowest BCUT2D eigenvalue weighted by Crippen LogP contribution is -2.46. The molecule has 1 fully saturated rings. The topological polar surface area (TPSA) is 84.0 Å². The molecule has 35 heavy (non-hydrogen) atoms. The highest BCUT2D eigenvalue weighted by Gasteiger charge is 2.31. The summed E-state index contributed by atoms with van der Waals surface area (Å²) in [7, 11) is 3.49. The van der Waals surface area contributed by atoms with E-state index in [9.17, 15) is 9.59 Å². The third kappa shape index (κ3) is 6.38. The standard InChI is InChI=1S/C27H36N4O4/c1-18-14-31(15-20-6-5-11-28-13-20)19(2)17-35-24-12-22(29-26(32)21-7-8-21)9-10-23(24)27(33)30(3)16-25(18)34-4/h5-6,9-13,18-19,21,25H,7-8,14-17H2,1-4H3,(H,29,32)/t18-,19-,25-/m0/s1. The fourth-order valence-corrected chi connectivity index (χ4v) is 4.46. The molecule has 188 valence electrons. The lowest BCUT2D eigenvalue weighted by atomic mass is 10.0. The molecule has 2 aliphatic rings. The Hall–Kier alpha value is -2.97. The van der Waals surface area contributed by atoms with Gasteiger partial charge in [-0.15, -0.1) is 0 Å². The van der Waals surface area contributed by atoms with Gasteiger partial charge >= 0.3 is 0 Å². The minimum atomic E-state index is -0.130. The number of pyridine rings is 1. The van der Waals surface area contributed by atoms with Crippen molar-refractivity contribution in [1.29, 1.82) is 0 Å². The molecule has 2 heterocycles. The largest absolute Gasteiger partial charge is 0.491 e. The zero-order chi connectivity index (χ0) is 24.9. The third-order valence-electron chi connectivity index (χ3n) is 6.90. The van der Waals surface area contributed by atoms with E-state index < -0.39 is 0 Å². The number of rotatable bonds is 5. The molecule has 1 aliphatic heterocycles. The average Bonchev–Trinajstić information content (AvgIpc) is 3.71. The normalized spacial score (nSPS) is 24.1. The lowest BCUT2D eigenvalue weighted by molar-refractivity contribution is -0.117. The van der Waals surface area contributed by atoms with Crippen LogP contribution in [0.4, 0.5) is 5.69 Å². The van der Waals surface area contributed by atoms with Crippen LogP contribution < -0.4 is 10.1 Å². The minimum Gasteiger partial charge on any atom is -0.491 e. The van der Waals surface area contributed by atoms with Gasteiger partial charge in [0, 0.05) is 69.9 Å². The zero-order valence-electron chi connectivity index (χ0n) is 21.1. The van der Waals surface area contributed by atoms with Crippen LogP contribution in [0.2, 0.25) is 0 Å². The minimum absolute atomic E-state index is 0.0227. The fraction of sp³-hybridized carbons (Fsp3) is 0.519. The molecule has 0 radical (unpaired) electrons. The SMILES string of the molecule is CO[C@H]1CN(C)C(=O)c2ccc(NC(=O)C3CC3)cc2OC[C@H](C)N(Cc2cccnc2)C[C@@H]1C. The van der Waals surface area contributed by atoms with E-state index in [1.54, 1.807) is 43.5 Å². The van der Waals surface area contributed by atoms with Crippen molar-refractivity contribution in [2.24, 2.45) is 11.8 Å². The predicted molar refractivity (Wildman–Crippen MR) is 134 cm³/mol. The third-order valence-corrected chi connectivity index (χ3v) is 6.90. The molecule has 1 aromatic heterocycles. The zero-order valence-corrected chi connectivity index (χ0v) is 21.1. The Kier molecular flexibility index (Phi) is 8.03. The second-order valence-electron chi connectivity index (χ2n) is 9.86. The highest BCUT2D eigenvalue weighted by atomic mass is 16.5. The van der Waals surface area contributed by atoms with Crippen LogP contribution in [0, 0.1) is 11.8 Å². The second kappa shape index (κ2) is 11.2. The number of likely N-dealkylation sites (N-methyl/N-ethyl adjacent to an activating group) is 1. The molecule has 1 saturated carbocycles. The number of amides is 2. The molecule has 3 atom stereocenters. The Morgan fingerprint density at radius 1 is 1.23 bits per heavy atom. The van der Waals surface area contributed by atoms with Gasteiger partial charge in [0.15, 0.2) is 0 Å². The molecular weight excluding hydrogens is 444 g/mol. The quantitative estimate of drug-likeness (QED) is 0.706. The molecule has 1 aromatic carbocycles. The highest BCUT2D eigenvalue weighted by molar-refractivity contribution is 5.99. The summed E-state index contributed by atoms with van der Waals surface area (Å²) < 4.78 is 12.1. The van der Waals surface area contributed by atoms with Crippen LogP contribution in [0.15, 0.2) is 42.7 Å². The molecule has 0 spiro atoms. The Morgan fingerprint density at radius 2 is 2.03 bits per heavy atom. The number of fused-ring (bicyclic) bond motifs is 1. The maximum atomic E-state index is 13.3. The van der Waals surface area contributed by atoms with E-state index >= 15 is 0 Å². The van der Waals surface area contributed by atoms with Gasteiger partial charge in [-0.2, -0.15) is 0 Å². The van der Waals surface area contributed by atoms with Gasteiger partial charge in [-0.1, -0.05) is 13.0 Å². The molecule has 1 N–H and O–H groups in total. The van der Waals surface area contributed by atoms with Gasteiger partial charge < -0.3 is 19.7 Å². The van der Waals surface area contributed by atoms with Crippen LogP contribution in [0.1, 0.15) is 42.6 Å². The van der Waals surface area contributed by atoms with Gasteiger partial charge in [0.2, 0.25) is 5.91 Å². The number of methoxy groups -OCH3 is 1. The molecule has 0 bridgehead atoms. The summed E-state index contributed by atoms with van der Waals surface area (Å²) in [5.74, 6) is 0.655. The van der Waals surface area contributed by atoms with Crippen molar-refractivity contribution in [3.8, 4) is 5.75 Å². The van der Waals surface area contributed by atoms with Crippen molar-refractivity contribution < 1.29 is 19.1 Å². The summed E-state index contributed by atoms with van der Waals surface area (Å²) in [6.45, 7) is 6.66. The monoisotopic (exact) mass is 480 g/mol. The van der Waals surface area contributed by atoms with Gasteiger partial charge in [0.05, 0.1) is 11.7 Å². The van der Waals surface area contributed by atoms with Crippen LogP contribution in [-0.4, -0.2) is 72.6 Å². The number of benzene rings is 1. The molecule has 8 nitrogen and oxygen atoms in total. The number of hydrogen-bond donors (Lipinski definition) is 1. The number of anilines is 1. The van der Waals surface area contributed by atoms with Crippen molar-refractivity contribution in [3.63, 3.8) is 0 Å².